The van der Waals surface area contributed by atoms with Gasteiger partial charge in [-0.1, -0.05) is 12.8 Å². The van der Waals surface area contributed by atoms with Gasteiger partial charge in [0.2, 0.25) is 0 Å². The summed E-state index contributed by atoms with van der Waals surface area (Å²) in [6.45, 7) is 1.88. The van der Waals surface area contributed by atoms with Gasteiger partial charge in [0, 0.05) is 12.3 Å². The molecule has 0 N–H and O–H groups in total. The van der Waals surface area contributed by atoms with Crippen molar-refractivity contribution < 1.29 is 9.53 Å². The third-order valence-electron chi connectivity index (χ3n) is 1.06. The highest BCUT2D eigenvalue weighted by Gasteiger charge is 1.99. The van der Waals surface area contributed by atoms with Crippen LogP contribution in [0.2, 0.25) is 0 Å². The highest BCUT2D eigenvalue weighted by molar-refractivity contribution is 7.11. The predicted octanol–water partition coefficient (Wildman–Crippen LogP) is 2.07. The second-order valence-electron chi connectivity index (χ2n) is 1.98. The van der Waals surface area contributed by atoms with E-state index in [9.17, 15) is 4.79 Å². The molecule has 0 aliphatic rings. The van der Waals surface area contributed by atoms with Gasteiger partial charge in [0.05, 0.1) is 0 Å². The number of ether oxygens (including phenoxy) is 1. The van der Waals surface area contributed by atoms with Gasteiger partial charge in [0.15, 0.2) is 5.06 Å². The van der Waals surface area contributed by atoms with E-state index in [1.165, 1.54) is 11.3 Å². The maximum absolute atomic E-state index is 10.9. The first kappa shape index (κ1) is 8.82. The summed E-state index contributed by atoms with van der Waals surface area (Å²) in [7, 11) is 0. The minimum atomic E-state index is -0.487. The Bertz CT molecular complexity index is 303. The Morgan fingerprint density at radius 2 is 2.58 bits per heavy atom. The van der Waals surface area contributed by atoms with Crippen LogP contribution in [0.15, 0.2) is 17.5 Å². The van der Waals surface area contributed by atoms with Crippen LogP contribution < -0.4 is 4.74 Å². The molecule has 0 aromatic carbocycles. The highest BCUT2D eigenvalue weighted by Crippen LogP contribution is 2.17. The lowest BCUT2D eigenvalue weighted by molar-refractivity contribution is -0.127. The summed E-state index contributed by atoms with van der Waals surface area (Å²) in [4.78, 5) is 10.9. The average molecular weight is 180 g/mol. The van der Waals surface area contributed by atoms with E-state index in [0.29, 0.717) is 11.5 Å². The largest absolute Gasteiger partial charge is 0.406 e. The highest BCUT2D eigenvalue weighted by atomic mass is 32.1. The average Bonchev–Trinajstić information content (AvgIpc) is 2.53. The number of carbonyl (C=O) groups is 1. The SMILES string of the molecule is CCC#CC(=O)Oc1cccs1. The van der Waals surface area contributed by atoms with Crippen molar-refractivity contribution in [2.75, 3.05) is 0 Å². The maximum atomic E-state index is 10.9. The molecule has 0 radical (unpaired) electrons. The summed E-state index contributed by atoms with van der Waals surface area (Å²) in [6, 6.07) is 3.55. The van der Waals surface area contributed by atoms with Crippen LogP contribution in [0.3, 0.4) is 0 Å². The number of esters is 1. The van der Waals surface area contributed by atoms with Gasteiger partial charge in [-0.15, -0.1) is 11.3 Å². The first-order valence-corrected chi connectivity index (χ1v) is 4.45. The second-order valence-corrected chi connectivity index (χ2v) is 2.89. The lowest BCUT2D eigenvalue weighted by Crippen LogP contribution is -2.02. The molecule has 0 atom stereocenters. The lowest BCUT2D eigenvalue weighted by atomic mass is 10.5. The summed E-state index contributed by atoms with van der Waals surface area (Å²) in [6.07, 6.45) is 0.666. The van der Waals surface area contributed by atoms with Crippen LogP contribution in [-0.4, -0.2) is 5.97 Å². The maximum Gasteiger partial charge on any atom is 0.390 e. The molecule has 0 aliphatic heterocycles. The Morgan fingerprint density at radius 1 is 1.75 bits per heavy atom. The third kappa shape index (κ3) is 2.77. The smallest absolute Gasteiger partial charge is 0.390 e. The predicted molar refractivity (Wildman–Crippen MR) is 48.0 cm³/mol. The molecule has 0 unspecified atom stereocenters. The summed E-state index contributed by atoms with van der Waals surface area (Å²) < 4.78 is 4.86. The van der Waals surface area contributed by atoms with Crippen LogP contribution >= 0.6 is 11.3 Å². The van der Waals surface area contributed by atoms with E-state index >= 15 is 0 Å². The van der Waals surface area contributed by atoms with Crippen molar-refractivity contribution in [3.05, 3.63) is 17.5 Å². The standard InChI is InChI=1S/C9H8O2S/c1-2-3-5-8(10)11-9-6-4-7-12-9/h4,6-7H,2H2,1H3. The molecule has 0 fully saturated rings. The fourth-order valence-electron chi connectivity index (χ4n) is 0.599. The van der Waals surface area contributed by atoms with Gasteiger partial charge >= 0.3 is 5.97 Å². The molecule has 0 saturated carbocycles. The Labute approximate surface area is 75.2 Å². The van der Waals surface area contributed by atoms with Crippen molar-refractivity contribution in [3.8, 4) is 16.9 Å². The fraction of sp³-hybridized carbons (Fsp3) is 0.222. The van der Waals surface area contributed by atoms with E-state index in [-0.39, 0.29) is 0 Å². The number of hydrogen-bond donors (Lipinski definition) is 0. The van der Waals surface area contributed by atoms with Gasteiger partial charge in [-0.25, -0.2) is 4.79 Å². The molecule has 0 spiro atoms. The van der Waals surface area contributed by atoms with E-state index in [1.54, 1.807) is 6.07 Å². The molecule has 1 aromatic heterocycles. The number of rotatable bonds is 1. The molecule has 0 amide bonds. The van der Waals surface area contributed by atoms with Crippen LogP contribution in [0.4, 0.5) is 0 Å². The van der Waals surface area contributed by atoms with E-state index in [0.717, 1.165) is 0 Å². The quantitative estimate of drug-likeness (QED) is 0.375. The minimum absolute atomic E-state index is 0.487. The number of carbonyl (C=O) groups excluding carboxylic acids is 1. The molecule has 3 heteroatoms. The van der Waals surface area contributed by atoms with Crippen molar-refractivity contribution >= 4 is 17.3 Å². The van der Waals surface area contributed by atoms with Crippen molar-refractivity contribution in [1.29, 1.82) is 0 Å². The van der Waals surface area contributed by atoms with Gasteiger partial charge in [-0.05, 0) is 17.5 Å². The normalized spacial score (nSPS) is 8.42. The topological polar surface area (TPSA) is 26.3 Å². The fourth-order valence-corrected chi connectivity index (χ4v) is 1.17. The molecular weight excluding hydrogens is 172 g/mol. The van der Waals surface area contributed by atoms with Gasteiger partial charge < -0.3 is 4.74 Å². The van der Waals surface area contributed by atoms with Crippen LogP contribution in [0, 0.1) is 11.8 Å². The molecule has 2 nitrogen and oxygen atoms in total. The van der Waals surface area contributed by atoms with E-state index < -0.39 is 5.97 Å². The van der Waals surface area contributed by atoms with Crippen molar-refractivity contribution in [3.63, 3.8) is 0 Å². The zero-order valence-electron chi connectivity index (χ0n) is 6.66. The molecule has 1 rings (SSSR count). The Kier molecular flexibility index (Phi) is 3.36. The third-order valence-corrected chi connectivity index (χ3v) is 1.80. The van der Waals surface area contributed by atoms with E-state index in [2.05, 4.69) is 11.8 Å². The van der Waals surface area contributed by atoms with Gasteiger partial charge in [0.1, 0.15) is 0 Å². The molecule has 0 aliphatic carbocycles. The molecule has 0 bridgehead atoms. The van der Waals surface area contributed by atoms with E-state index in [4.69, 9.17) is 4.74 Å². The van der Waals surface area contributed by atoms with Gasteiger partial charge in [0.25, 0.3) is 0 Å². The van der Waals surface area contributed by atoms with Crippen molar-refractivity contribution in [2.24, 2.45) is 0 Å². The van der Waals surface area contributed by atoms with Crippen LogP contribution in [0.1, 0.15) is 13.3 Å². The van der Waals surface area contributed by atoms with Crippen LogP contribution in [0.25, 0.3) is 0 Å². The molecule has 12 heavy (non-hydrogen) atoms. The minimum Gasteiger partial charge on any atom is -0.406 e. The van der Waals surface area contributed by atoms with Gasteiger partial charge in [-0.2, -0.15) is 0 Å². The Morgan fingerprint density at radius 3 is 3.17 bits per heavy atom. The van der Waals surface area contributed by atoms with Crippen LogP contribution in [-0.2, 0) is 4.79 Å². The Hall–Kier alpha value is -1.27. The van der Waals surface area contributed by atoms with E-state index in [1.807, 2.05) is 18.4 Å². The zero-order chi connectivity index (χ0) is 8.81. The molecule has 0 saturated heterocycles. The summed E-state index contributed by atoms with van der Waals surface area (Å²) in [5, 5.41) is 2.43. The first-order valence-electron chi connectivity index (χ1n) is 3.57. The molecular formula is C9H8O2S. The zero-order valence-corrected chi connectivity index (χ0v) is 7.48. The molecule has 62 valence electrons. The summed E-state index contributed by atoms with van der Waals surface area (Å²) in [5.41, 5.74) is 0. The van der Waals surface area contributed by atoms with Crippen molar-refractivity contribution in [2.45, 2.75) is 13.3 Å². The lowest BCUT2D eigenvalue weighted by Gasteiger charge is -1.91. The summed E-state index contributed by atoms with van der Waals surface area (Å²) >= 11 is 1.37. The Balaban J connectivity index is 2.48. The number of hydrogen-bond acceptors (Lipinski definition) is 3. The molecule has 1 aromatic rings. The summed E-state index contributed by atoms with van der Waals surface area (Å²) in [5.74, 6) is 4.52. The number of thiophene rings is 1. The van der Waals surface area contributed by atoms with Crippen LogP contribution in [0.5, 0.6) is 5.06 Å². The second kappa shape index (κ2) is 4.58. The van der Waals surface area contributed by atoms with Gasteiger partial charge in [-0.3, -0.25) is 0 Å². The first-order chi connectivity index (χ1) is 5.83. The molecule has 1 heterocycles. The van der Waals surface area contributed by atoms with Crippen molar-refractivity contribution in [1.82, 2.24) is 0 Å². The monoisotopic (exact) mass is 180 g/mol.